The van der Waals surface area contributed by atoms with Crippen LogP contribution in [0.5, 0.6) is 0 Å². The van der Waals surface area contributed by atoms with Crippen LogP contribution in [0.15, 0.2) is 18.3 Å². The Bertz CT molecular complexity index is 482. The molecule has 19 heavy (non-hydrogen) atoms. The standard InChI is InChI=1S/C14H17N3O2/c18-9-1-2-11-3-4-13(16-10-11)17-14(19)12-5-7-15-8-6-12/h3-4,10,12,15,18H,5-9H2,(H,16,17,19). The summed E-state index contributed by atoms with van der Waals surface area (Å²) < 4.78 is 0. The minimum Gasteiger partial charge on any atom is -0.384 e. The normalized spacial score (nSPS) is 15.4. The van der Waals surface area contributed by atoms with E-state index in [2.05, 4.69) is 27.5 Å². The summed E-state index contributed by atoms with van der Waals surface area (Å²) >= 11 is 0. The summed E-state index contributed by atoms with van der Waals surface area (Å²) in [5.41, 5.74) is 0.717. The molecule has 0 bridgehead atoms. The number of hydrogen-bond donors (Lipinski definition) is 3. The smallest absolute Gasteiger partial charge is 0.228 e. The number of amides is 1. The number of carbonyl (C=O) groups excluding carboxylic acids is 1. The van der Waals surface area contributed by atoms with Crippen LogP contribution in [0.2, 0.25) is 0 Å². The number of nitrogens with zero attached hydrogens (tertiary/aromatic N) is 1. The molecular weight excluding hydrogens is 242 g/mol. The van der Waals surface area contributed by atoms with Crippen molar-refractivity contribution in [3.8, 4) is 11.8 Å². The second-order valence-corrected chi connectivity index (χ2v) is 4.41. The van der Waals surface area contributed by atoms with E-state index in [4.69, 9.17) is 5.11 Å². The Kier molecular flexibility index (Phi) is 4.90. The summed E-state index contributed by atoms with van der Waals surface area (Å²) in [6, 6.07) is 3.49. The van der Waals surface area contributed by atoms with E-state index in [1.807, 2.05) is 0 Å². The first-order valence-electron chi connectivity index (χ1n) is 6.37. The zero-order valence-corrected chi connectivity index (χ0v) is 10.6. The highest BCUT2D eigenvalue weighted by atomic mass is 16.2. The lowest BCUT2D eigenvalue weighted by Crippen LogP contribution is -2.34. The first-order valence-corrected chi connectivity index (χ1v) is 6.37. The monoisotopic (exact) mass is 259 g/mol. The van der Waals surface area contributed by atoms with E-state index in [-0.39, 0.29) is 18.4 Å². The van der Waals surface area contributed by atoms with E-state index in [0.29, 0.717) is 11.4 Å². The fraction of sp³-hybridized carbons (Fsp3) is 0.429. The molecule has 0 aliphatic carbocycles. The molecule has 0 spiro atoms. The van der Waals surface area contributed by atoms with Crippen LogP contribution in [0.3, 0.4) is 0 Å². The summed E-state index contributed by atoms with van der Waals surface area (Å²) in [6.07, 6.45) is 3.32. The topological polar surface area (TPSA) is 74.2 Å². The maximum atomic E-state index is 12.0. The molecule has 3 N–H and O–H groups in total. The van der Waals surface area contributed by atoms with Crippen molar-refractivity contribution in [3.05, 3.63) is 23.9 Å². The van der Waals surface area contributed by atoms with Gasteiger partial charge in [-0.05, 0) is 38.1 Å². The molecule has 1 amide bonds. The number of aliphatic hydroxyl groups is 1. The second kappa shape index (κ2) is 6.88. The number of rotatable bonds is 2. The van der Waals surface area contributed by atoms with Crippen LogP contribution < -0.4 is 10.6 Å². The van der Waals surface area contributed by atoms with Crippen molar-refractivity contribution in [1.29, 1.82) is 0 Å². The van der Waals surface area contributed by atoms with Crippen LogP contribution >= 0.6 is 0 Å². The van der Waals surface area contributed by atoms with Crippen molar-refractivity contribution in [3.63, 3.8) is 0 Å². The van der Waals surface area contributed by atoms with Gasteiger partial charge in [-0.1, -0.05) is 11.8 Å². The number of aliphatic hydroxyl groups excluding tert-OH is 1. The molecule has 1 aliphatic rings. The lowest BCUT2D eigenvalue weighted by atomic mass is 9.97. The van der Waals surface area contributed by atoms with Crippen molar-refractivity contribution in [2.75, 3.05) is 25.0 Å². The van der Waals surface area contributed by atoms with Gasteiger partial charge < -0.3 is 15.7 Å². The van der Waals surface area contributed by atoms with Crippen LogP contribution in [0.4, 0.5) is 5.82 Å². The predicted molar refractivity (Wildman–Crippen MR) is 72.4 cm³/mol. The molecule has 5 heteroatoms. The molecule has 5 nitrogen and oxygen atoms in total. The van der Waals surface area contributed by atoms with E-state index in [1.54, 1.807) is 18.3 Å². The van der Waals surface area contributed by atoms with Crippen molar-refractivity contribution in [2.24, 2.45) is 5.92 Å². The van der Waals surface area contributed by atoms with Crippen molar-refractivity contribution in [2.45, 2.75) is 12.8 Å². The highest BCUT2D eigenvalue weighted by molar-refractivity contribution is 5.91. The molecule has 0 aromatic carbocycles. The Balaban J connectivity index is 1.93. The minimum absolute atomic E-state index is 0.0307. The zero-order valence-electron chi connectivity index (χ0n) is 10.6. The molecule has 0 saturated carbocycles. The number of pyridine rings is 1. The third kappa shape index (κ3) is 4.05. The summed E-state index contributed by atoms with van der Waals surface area (Å²) in [4.78, 5) is 16.1. The Hall–Kier alpha value is -1.90. The quantitative estimate of drug-likeness (QED) is 0.671. The Labute approximate surface area is 112 Å². The van der Waals surface area contributed by atoms with Gasteiger partial charge in [0, 0.05) is 17.7 Å². The molecule has 0 unspecified atom stereocenters. The van der Waals surface area contributed by atoms with Gasteiger partial charge in [0.2, 0.25) is 5.91 Å². The Morgan fingerprint density at radius 1 is 1.47 bits per heavy atom. The van der Waals surface area contributed by atoms with Crippen LogP contribution in [0.25, 0.3) is 0 Å². The fourth-order valence-electron chi connectivity index (χ4n) is 2.00. The van der Waals surface area contributed by atoms with Gasteiger partial charge >= 0.3 is 0 Å². The van der Waals surface area contributed by atoms with Gasteiger partial charge in [-0.25, -0.2) is 4.98 Å². The lowest BCUT2D eigenvalue weighted by Gasteiger charge is -2.21. The van der Waals surface area contributed by atoms with Crippen molar-refractivity contribution < 1.29 is 9.90 Å². The van der Waals surface area contributed by atoms with Gasteiger partial charge in [-0.3, -0.25) is 4.79 Å². The van der Waals surface area contributed by atoms with Crippen LogP contribution in [-0.4, -0.2) is 35.7 Å². The number of piperidine rings is 1. The van der Waals surface area contributed by atoms with E-state index in [0.717, 1.165) is 25.9 Å². The molecule has 0 atom stereocenters. The van der Waals surface area contributed by atoms with E-state index in [1.165, 1.54) is 0 Å². The molecule has 2 rings (SSSR count). The maximum Gasteiger partial charge on any atom is 0.228 e. The second-order valence-electron chi connectivity index (χ2n) is 4.41. The van der Waals surface area contributed by atoms with E-state index in [9.17, 15) is 4.79 Å². The van der Waals surface area contributed by atoms with Gasteiger partial charge in [0.05, 0.1) is 0 Å². The highest BCUT2D eigenvalue weighted by Gasteiger charge is 2.20. The largest absolute Gasteiger partial charge is 0.384 e. The van der Waals surface area contributed by atoms with Gasteiger partial charge in [0.1, 0.15) is 12.4 Å². The van der Waals surface area contributed by atoms with Gasteiger partial charge in [-0.2, -0.15) is 0 Å². The molecule has 1 aromatic heterocycles. The zero-order chi connectivity index (χ0) is 13.5. The number of aromatic nitrogens is 1. The van der Waals surface area contributed by atoms with E-state index >= 15 is 0 Å². The predicted octanol–water partition coefficient (Wildman–Crippen LogP) is 0.363. The fourth-order valence-corrected chi connectivity index (χ4v) is 2.00. The lowest BCUT2D eigenvalue weighted by molar-refractivity contribution is -0.120. The Morgan fingerprint density at radius 3 is 2.89 bits per heavy atom. The minimum atomic E-state index is -0.172. The van der Waals surface area contributed by atoms with Crippen LogP contribution in [0, 0.1) is 17.8 Å². The molecule has 1 fully saturated rings. The van der Waals surface area contributed by atoms with Gasteiger partial charge in [0.25, 0.3) is 0 Å². The SMILES string of the molecule is O=C(Nc1ccc(C#CCO)cn1)C1CCNCC1. The molecule has 1 aliphatic heterocycles. The summed E-state index contributed by atoms with van der Waals surface area (Å²) in [5.74, 6) is 5.94. The maximum absolute atomic E-state index is 12.0. The third-order valence-corrected chi connectivity index (χ3v) is 3.04. The number of anilines is 1. The first-order chi connectivity index (χ1) is 9.29. The van der Waals surface area contributed by atoms with Gasteiger partial charge in [0.15, 0.2) is 0 Å². The van der Waals surface area contributed by atoms with Crippen molar-refractivity contribution in [1.82, 2.24) is 10.3 Å². The van der Waals surface area contributed by atoms with Crippen LogP contribution in [-0.2, 0) is 4.79 Å². The molecule has 1 saturated heterocycles. The molecule has 100 valence electrons. The average molecular weight is 259 g/mol. The van der Waals surface area contributed by atoms with Gasteiger partial charge in [-0.15, -0.1) is 0 Å². The summed E-state index contributed by atoms with van der Waals surface area (Å²) in [6.45, 7) is 1.61. The molecule has 2 heterocycles. The highest BCUT2D eigenvalue weighted by Crippen LogP contribution is 2.14. The summed E-state index contributed by atoms with van der Waals surface area (Å²) in [5, 5.41) is 14.6. The number of nitrogens with one attached hydrogen (secondary N) is 2. The number of carbonyl (C=O) groups is 1. The molecule has 0 radical (unpaired) electrons. The molecule has 1 aromatic rings. The molecular formula is C14H17N3O2. The van der Waals surface area contributed by atoms with E-state index < -0.39 is 0 Å². The van der Waals surface area contributed by atoms with Crippen LogP contribution in [0.1, 0.15) is 18.4 Å². The average Bonchev–Trinajstić information content (AvgIpc) is 2.47. The first kappa shape index (κ1) is 13.5. The Morgan fingerprint density at radius 2 is 2.26 bits per heavy atom. The van der Waals surface area contributed by atoms with Crippen molar-refractivity contribution >= 4 is 11.7 Å². The third-order valence-electron chi connectivity index (χ3n) is 3.04. The summed E-state index contributed by atoms with van der Waals surface area (Å²) in [7, 11) is 0. The number of hydrogen-bond acceptors (Lipinski definition) is 4.